The number of hydrogen-bond donors (Lipinski definition) is 2. The number of benzene rings is 1. The Hall–Kier alpha value is -4.89. The van der Waals surface area contributed by atoms with Crippen LogP contribution in [0.2, 0.25) is 0 Å². The van der Waals surface area contributed by atoms with Gasteiger partial charge in [-0.25, -0.2) is 4.79 Å². The predicted octanol–water partition coefficient (Wildman–Crippen LogP) is 4.72. The van der Waals surface area contributed by atoms with Gasteiger partial charge in [0, 0.05) is 57.1 Å². The molecule has 0 aliphatic carbocycles. The summed E-state index contributed by atoms with van der Waals surface area (Å²) in [5.74, 6) is -0.974. The van der Waals surface area contributed by atoms with Gasteiger partial charge >= 0.3 is 12.5 Å². The van der Waals surface area contributed by atoms with E-state index in [4.69, 9.17) is 4.74 Å². The molecule has 0 atom stereocenters. The third kappa shape index (κ3) is 11.7. The first kappa shape index (κ1) is 36.0. The molecule has 2 aromatic heterocycles. The Labute approximate surface area is 275 Å². The van der Waals surface area contributed by atoms with Crippen molar-refractivity contribution in [2.24, 2.45) is 5.92 Å². The van der Waals surface area contributed by atoms with Crippen LogP contribution in [0.1, 0.15) is 68.9 Å². The summed E-state index contributed by atoms with van der Waals surface area (Å²) in [4.78, 5) is 51.6. The van der Waals surface area contributed by atoms with E-state index in [9.17, 15) is 32.3 Å². The topological polar surface area (TPSA) is 150 Å². The zero-order valence-electron chi connectivity index (χ0n) is 27.1. The normalized spacial score (nSPS) is 14.0. The molecule has 3 heterocycles. The van der Waals surface area contributed by atoms with E-state index in [1.54, 1.807) is 23.2 Å². The smallest absolute Gasteiger partial charge is 0.444 e. The van der Waals surface area contributed by atoms with Gasteiger partial charge in [-0.2, -0.15) is 0 Å². The number of nitrogens with one attached hydrogen (secondary N) is 2. The lowest BCUT2D eigenvalue weighted by atomic mass is 9.93. The van der Waals surface area contributed by atoms with Crippen LogP contribution in [0.25, 0.3) is 0 Å². The molecule has 0 spiro atoms. The Morgan fingerprint density at radius 2 is 1.75 bits per heavy atom. The highest BCUT2D eigenvalue weighted by molar-refractivity contribution is 5.92. The van der Waals surface area contributed by atoms with Crippen molar-refractivity contribution < 1.29 is 37.0 Å². The SMILES string of the molecule is CC(C)(C)OC(=O)N1CCC(CC(=O)Nc2ccn(CCCCn3cc(C(=O)NCc4cccc(OC(F)(F)F)c4)nn3)c(=O)c2)CC1. The lowest BCUT2D eigenvalue weighted by Gasteiger charge is -2.33. The van der Waals surface area contributed by atoms with E-state index in [-0.39, 0.29) is 41.5 Å². The van der Waals surface area contributed by atoms with Crippen molar-refractivity contribution in [1.82, 2.24) is 29.8 Å². The minimum absolute atomic E-state index is 0.0330. The summed E-state index contributed by atoms with van der Waals surface area (Å²) in [5, 5.41) is 13.2. The quantitative estimate of drug-likeness (QED) is 0.262. The first-order valence-corrected chi connectivity index (χ1v) is 15.6. The maximum absolute atomic E-state index is 12.6. The van der Waals surface area contributed by atoms with Crippen LogP contribution in [-0.2, 0) is 29.2 Å². The van der Waals surface area contributed by atoms with Crippen LogP contribution in [0.5, 0.6) is 5.75 Å². The van der Waals surface area contributed by atoms with Gasteiger partial charge in [0.2, 0.25) is 5.91 Å². The number of rotatable bonds is 12. The fraction of sp³-hybridized carbons (Fsp3) is 0.500. The molecule has 4 rings (SSSR count). The molecule has 13 nitrogen and oxygen atoms in total. The van der Waals surface area contributed by atoms with Gasteiger partial charge in [-0.1, -0.05) is 17.3 Å². The van der Waals surface area contributed by atoms with Gasteiger partial charge in [0.25, 0.3) is 11.5 Å². The maximum atomic E-state index is 12.6. The average Bonchev–Trinajstić information content (AvgIpc) is 3.47. The van der Waals surface area contributed by atoms with Crippen molar-refractivity contribution >= 4 is 23.6 Å². The molecule has 1 aromatic carbocycles. The van der Waals surface area contributed by atoms with E-state index in [0.29, 0.717) is 69.5 Å². The van der Waals surface area contributed by atoms with Crippen LogP contribution in [0.4, 0.5) is 23.7 Å². The third-order valence-electron chi connectivity index (χ3n) is 7.41. The molecule has 1 aliphatic rings. The molecular formula is C32H40F3N7O6. The minimum Gasteiger partial charge on any atom is -0.444 e. The number of hydrogen-bond acceptors (Lipinski definition) is 8. The van der Waals surface area contributed by atoms with E-state index in [1.807, 2.05) is 20.8 Å². The standard InChI is InChI=1S/C32H40F3N7O6/c1-31(2,3)48-30(46)41-14-9-22(10-15-41)18-27(43)37-24-11-16-40(28(44)19-24)12-4-5-13-42-21-26(38-39-42)29(45)36-20-23-7-6-8-25(17-23)47-32(33,34)35/h6-8,11,16-17,19,21-22H,4-5,9-10,12-15,18,20H2,1-3H3,(H,36,45)(H,37,43). The molecular weight excluding hydrogens is 635 g/mol. The van der Waals surface area contributed by atoms with E-state index in [1.165, 1.54) is 39.7 Å². The molecule has 3 amide bonds. The van der Waals surface area contributed by atoms with Crippen LogP contribution >= 0.6 is 0 Å². The molecule has 3 aromatic rings. The monoisotopic (exact) mass is 675 g/mol. The number of aryl methyl sites for hydroxylation is 2. The van der Waals surface area contributed by atoms with E-state index in [0.717, 1.165) is 0 Å². The third-order valence-corrected chi connectivity index (χ3v) is 7.41. The van der Waals surface area contributed by atoms with Gasteiger partial charge in [0.05, 0.1) is 6.20 Å². The highest BCUT2D eigenvalue weighted by Crippen LogP contribution is 2.24. The second-order valence-corrected chi connectivity index (χ2v) is 12.6. The van der Waals surface area contributed by atoms with Crippen LogP contribution in [-0.4, -0.2) is 67.4 Å². The minimum atomic E-state index is -4.81. The van der Waals surface area contributed by atoms with E-state index < -0.39 is 17.9 Å². The molecule has 260 valence electrons. The highest BCUT2D eigenvalue weighted by atomic mass is 19.4. The Bertz CT molecular complexity index is 1620. The maximum Gasteiger partial charge on any atom is 0.573 e. The summed E-state index contributed by atoms with van der Waals surface area (Å²) in [6.45, 7) is 7.37. The molecule has 1 fully saturated rings. The summed E-state index contributed by atoms with van der Waals surface area (Å²) in [6.07, 6.45) is 0.883. The second-order valence-electron chi connectivity index (χ2n) is 12.6. The zero-order chi connectivity index (χ0) is 34.9. The van der Waals surface area contributed by atoms with Crippen molar-refractivity contribution in [2.45, 2.75) is 84.5 Å². The zero-order valence-corrected chi connectivity index (χ0v) is 27.1. The Morgan fingerprint density at radius 3 is 2.44 bits per heavy atom. The Kier molecular flexibility index (Phi) is 11.8. The molecule has 1 aliphatic heterocycles. The molecule has 0 saturated carbocycles. The number of likely N-dealkylation sites (tertiary alicyclic amines) is 1. The number of pyridine rings is 1. The number of alkyl halides is 3. The Balaban J connectivity index is 1.14. The van der Waals surface area contributed by atoms with Crippen LogP contribution in [0, 0.1) is 5.92 Å². The van der Waals surface area contributed by atoms with Gasteiger partial charge in [-0.05, 0) is 76.1 Å². The first-order valence-electron chi connectivity index (χ1n) is 15.6. The number of unbranched alkanes of at least 4 members (excludes halogenated alkanes) is 1. The molecule has 0 unspecified atom stereocenters. The number of halogens is 3. The second kappa shape index (κ2) is 15.8. The number of piperidine rings is 1. The summed E-state index contributed by atoms with van der Waals surface area (Å²) in [5.41, 5.74) is 0.0729. The van der Waals surface area contributed by atoms with E-state index in [2.05, 4.69) is 25.7 Å². The number of amides is 3. The number of ether oxygens (including phenoxy) is 2. The van der Waals surface area contributed by atoms with Gasteiger partial charge in [0.1, 0.15) is 11.4 Å². The van der Waals surface area contributed by atoms with Crippen LogP contribution in [0.15, 0.2) is 53.6 Å². The molecule has 0 bridgehead atoms. The number of nitrogens with zero attached hydrogens (tertiary/aromatic N) is 5. The predicted molar refractivity (Wildman–Crippen MR) is 168 cm³/mol. The molecule has 2 N–H and O–H groups in total. The van der Waals surface area contributed by atoms with Crippen molar-refractivity contribution in [1.29, 1.82) is 0 Å². The molecule has 48 heavy (non-hydrogen) atoms. The Morgan fingerprint density at radius 1 is 1.02 bits per heavy atom. The summed E-state index contributed by atoms with van der Waals surface area (Å²) in [6, 6.07) is 8.35. The van der Waals surface area contributed by atoms with Crippen LogP contribution < -0.4 is 20.9 Å². The van der Waals surface area contributed by atoms with Gasteiger partial charge < -0.3 is 29.6 Å². The van der Waals surface area contributed by atoms with Gasteiger partial charge in [-0.3, -0.25) is 19.1 Å². The largest absolute Gasteiger partial charge is 0.573 e. The number of carbonyl (C=O) groups excluding carboxylic acids is 3. The summed E-state index contributed by atoms with van der Waals surface area (Å²) in [7, 11) is 0. The van der Waals surface area contributed by atoms with Gasteiger partial charge in [0.15, 0.2) is 5.69 Å². The molecule has 0 radical (unpaired) electrons. The van der Waals surface area contributed by atoms with Crippen molar-refractivity contribution in [3.8, 4) is 5.75 Å². The lowest BCUT2D eigenvalue weighted by Crippen LogP contribution is -2.42. The summed E-state index contributed by atoms with van der Waals surface area (Å²) >= 11 is 0. The number of anilines is 1. The van der Waals surface area contributed by atoms with Crippen molar-refractivity contribution in [3.63, 3.8) is 0 Å². The van der Waals surface area contributed by atoms with Crippen molar-refractivity contribution in [3.05, 3.63) is 70.4 Å². The van der Waals surface area contributed by atoms with Gasteiger partial charge in [-0.15, -0.1) is 18.3 Å². The summed E-state index contributed by atoms with van der Waals surface area (Å²) < 4.78 is 49.7. The highest BCUT2D eigenvalue weighted by Gasteiger charge is 2.31. The molecule has 1 saturated heterocycles. The first-order chi connectivity index (χ1) is 22.6. The average molecular weight is 676 g/mol. The number of carbonyl (C=O) groups is 3. The van der Waals surface area contributed by atoms with Crippen molar-refractivity contribution in [2.75, 3.05) is 18.4 Å². The molecule has 16 heteroatoms. The number of aromatic nitrogens is 4. The lowest BCUT2D eigenvalue weighted by molar-refractivity contribution is -0.274. The van der Waals surface area contributed by atoms with Crippen LogP contribution in [0.3, 0.4) is 0 Å². The fourth-order valence-corrected chi connectivity index (χ4v) is 5.08. The van der Waals surface area contributed by atoms with E-state index >= 15 is 0 Å². The fourth-order valence-electron chi connectivity index (χ4n) is 5.08.